The molecule has 0 spiro atoms. The van der Waals surface area contributed by atoms with Crippen LogP contribution in [0.15, 0.2) is 5.38 Å². The lowest BCUT2D eigenvalue weighted by Crippen LogP contribution is -2.31. The van der Waals surface area contributed by atoms with Crippen molar-refractivity contribution in [3.05, 3.63) is 16.1 Å². The average Bonchev–Trinajstić information content (AvgIpc) is 2.87. The van der Waals surface area contributed by atoms with Crippen LogP contribution in [0.4, 0.5) is 0 Å². The van der Waals surface area contributed by atoms with Gasteiger partial charge in [0.15, 0.2) is 0 Å². The van der Waals surface area contributed by atoms with Crippen molar-refractivity contribution in [3.63, 3.8) is 0 Å². The van der Waals surface area contributed by atoms with Gasteiger partial charge in [-0.15, -0.1) is 22.9 Å². The van der Waals surface area contributed by atoms with E-state index in [4.69, 9.17) is 11.6 Å². The number of aliphatic hydroxyl groups is 2. The molecule has 1 aromatic rings. The maximum Gasteiger partial charge on any atom is 0.229 e. The van der Waals surface area contributed by atoms with Gasteiger partial charge in [-0.2, -0.15) is 0 Å². The van der Waals surface area contributed by atoms with Crippen LogP contribution >= 0.6 is 22.9 Å². The van der Waals surface area contributed by atoms with Gasteiger partial charge >= 0.3 is 0 Å². The first-order chi connectivity index (χ1) is 8.10. The van der Waals surface area contributed by atoms with Crippen LogP contribution in [-0.2, 0) is 17.1 Å². The number of alkyl halides is 1. The molecule has 2 heterocycles. The van der Waals surface area contributed by atoms with Gasteiger partial charge in [0.25, 0.3) is 0 Å². The Morgan fingerprint density at radius 2 is 2.18 bits per heavy atom. The number of aromatic nitrogens is 1. The number of rotatable bonds is 3. The third-order valence-corrected chi connectivity index (χ3v) is 3.82. The lowest BCUT2D eigenvalue weighted by molar-refractivity contribution is -0.129. The smallest absolute Gasteiger partial charge is 0.229 e. The van der Waals surface area contributed by atoms with E-state index in [9.17, 15) is 15.0 Å². The average molecular weight is 277 g/mol. The van der Waals surface area contributed by atoms with Crippen molar-refractivity contribution in [1.82, 2.24) is 9.88 Å². The fraction of sp³-hybridized carbons (Fsp3) is 0.600. The van der Waals surface area contributed by atoms with Gasteiger partial charge in [0.05, 0.1) is 30.2 Å². The summed E-state index contributed by atoms with van der Waals surface area (Å²) in [4.78, 5) is 17.5. The lowest BCUT2D eigenvalue weighted by Gasteiger charge is -2.14. The molecule has 1 saturated heterocycles. The van der Waals surface area contributed by atoms with Crippen LogP contribution in [0.2, 0.25) is 0 Å². The van der Waals surface area contributed by atoms with Crippen molar-refractivity contribution >= 4 is 28.8 Å². The normalized spacial score (nSPS) is 24.3. The van der Waals surface area contributed by atoms with E-state index in [1.807, 2.05) is 5.38 Å². The van der Waals surface area contributed by atoms with Gasteiger partial charge in [0.2, 0.25) is 5.91 Å². The molecule has 1 aliphatic rings. The van der Waals surface area contributed by atoms with E-state index < -0.39 is 12.2 Å². The molecule has 1 aliphatic heterocycles. The molecular weight excluding hydrogens is 264 g/mol. The number of carbonyl (C=O) groups is 1. The van der Waals surface area contributed by atoms with Gasteiger partial charge in [-0.25, -0.2) is 4.98 Å². The van der Waals surface area contributed by atoms with Crippen LogP contribution in [0.5, 0.6) is 0 Å². The summed E-state index contributed by atoms with van der Waals surface area (Å²) in [5.74, 6) is 0.210. The molecule has 2 rings (SSSR count). The van der Waals surface area contributed by atoms with Crippen LogP contribution in [0.3, 0.4) is 0 Å². The van der Waals surface area contributed by atoms with E-state index >= 15 is 0 Å². The van der Waals surface area contributed by atoms with Crippen molar-refractivity contribution < 1.29 is 15.0 Å². The number of thiazole rings is 1. The van der Waals surface area contributed by atoms with Gasteiger partial charge in [-0.05, 0) is 0 Å². The van der Waals surface area contributed by atoms with E-state index in [1.54, 1.807) is 0 Å². The molecule has 7 heteroatoms. The Morgan fingerprint density at radius 3 is 2.71 bits per heavy atom. The van der Waals surface area contributed by atoms with Crippen LogP contribution in [0, 0.1) is 0 Å². The molecule has 2 N–H and O–H groups in total. The summed E-state index contributed by atoms with van der Waals surface area (Å²) >= 11 is 7.02. The summed E-state index contributed by atoms with van der Waals surface area (Å²) in [6.07, 6.45) is -1.48. The van der Waals surface area contributed by atoms with E-state index in [0.717, 1.165) is 5.69 Å². The number of hydrogen-bond donors (Lipinski definition) is 2. The molecule has 94 valence electrons. The predicted octanol–water partition coefficient (Wildman–Crippen LogP) is -0.0116. The topological polar surface area (TPSA) is 73.7 Å². The number of carbonyl (C=O) groups excluding carboxylic acids is 1. The Morgan fingerprint density at radius 1 is 1.53 bits per heavy atom. The SMILES string of the molecule is O=C(Cc1nc(CCl)cs1)N1CC(O)C(O)C1. The van der Waals surface area contributed by atoms with Crippen molar-refractivity contribution in [3.8, 4) is 0 Å². The number of amides is 1. The molecule has 1 amide bonds. The third kappa shape index (κ3) is 2.95. The predicted molar refractivity (Wildman–Crippen MR) is 64.0 cm³/mol. The standard InChI is InChI=1S/C10H13ClN2O3S/c11-2-6-5-17-9(12-6)1-10(16)13-3-7(14)8(15)4-13/h5,7-8,14-15H,1-4H2. The highest BCUT2D eigenvalue weighted by molar-refractivity contribution is 7.09. The van der Waals surface area contributed by atoms with Gasteiger partial charge in [0.1, 0.15) is 5.01 Å². The highest BCUT2D eigenvalue weighted by Gasteiger charge is 2.32. The zero-order chi connectivity index (χ0) is 12.4. The van der Waals surface area contributed by atoms with E-state index in [-0.39, 0.29) is 25.4 Å². The molecule has 1 fully saturated rings. The number of nitrogens with zero attached hydrogens (tertiary/aromatic N) is 2. The molecule has 0 aliphatic carbocycles. The highest BCUT2D eigenvalue weighted by Crippen LogP contribution is 2.16. The summed E-state index contributed by atoms with van der Waals surface area (Å²) in [7, 11) is 0. The Kier molecular flexibility index (Phi) is 3.98. The third-order valence-electron chi connectivity index (χ3n) is 2.65. The molecule has 0 saturated carbocycles. The van der Waals surface area contributed by atoms with Crippen molar-refractivity contribution in [2.45, 2.75) is 24.5 Å². The molecule has 0 radical (unpaired) electrons. The molecule has 5 nitrogen and oxygen atoms in total. The van der Waals surface area contributed by atoms with Crippen LogP contribution in [0.1, 0.15) is 10.7 Å². The highest BCUT2D eigenvalue weighted by atomic mass is 35.5. The van der Waals surface area contributed by atoms with Gasteiger partial charge < -0.3 is 15.1 Å². The van der Waals surface area contributed by atoms with Crippen LogP contribution < -0.4 is 0 Å². The second-order valence-corrected chi connectivity index (χ2v) is 5.19. The van der Waals surface area contributed by atoms with Crippen molar-refractivity contribution in [2.75, 3.05) is 13.1 Å². The minimum Gasteiger partial charge on any atom is -0.388 e. The molecule has 0 aromatic carbocycles. The first-order valence-corrected chi connectivity index (χ1v) is 6.64. The first-order valence-electron chi connectivity index (χ1n) is 5.23. The Balaban J connectivity index is 1.93. The Bertz CT molecular complexity index is 402. The minimum absolute atomic E-state index is 0.129. The molecule has 2 unspecified atom stereocenters. The van der Waals surface area contributed by atoms with Gasteiger partial charge in [-0.3, -0.25) is 4.79 Å². The molecule has 2 atom stereocenters. The quantitative estimate of drug-likeness (QED) is 0.762. The van der Waals surface area contributed by atoms with Crippen molar-refractivity contribution in [1.29, 1.82) is 0 Å². The molecule has 17 heavy (non-hydrogen) atoms. The fourth-order valence-corrected chi connectivity index (χ4v) is 2.72. The van der Waals surface area contributed by atoms with Crippen LogP contribution in [-0.4, -0.2) is 51.3 Å². The van der Waals surface area contributed by atoms with Gasteiger partial charge in [-0.1, -0.05) is 0 Å². The second kappa shape index (κ2) is 5.30. The maximum atomic E-state index is 11.8. The van der Waals surface area contributed by atoms with E-state index in [1.165, 1.54) is 16.2 Å². The number of aliphatic hydroxyl groups excluding tert-OH is 2. The number of halogens is 1. The van der Waals surface area contributed by atoms with E-state index in [0.29, 0.717) is 10.9 Å². The van der Waals surface area contributed by atoms with E-state index in [2.05, 4.69) is 4.98 Å². The fourth-order valence-electron chi connectivity index (χ4n) is 1.71. The number of β-amino-alcohol motifs (C(OH)–C–C–N with tert-alkyl or cyclic N) is 2. The second-order valence-electron chi connectivity index (χ2n) is 3.98. The Labute approximate surface area is 108 Å². The number of hydrogen-bond acceptors (Lipinski definition) is 5. The first kappa shape index (κ1) is 12.8. The zero-order valence-electron chi connectivity index (χ0n) is 9.04. The zero-order valence-corrected chi connectivity index (χ0v) is 10.6. The molecule has 0 bridgehead atoms. The summed E-state index contributed by atoms with van der Waals surface area (Å²) in [5, 5.41) is 21.2. The molecular formula is C10H13ClN2O3S. The Hall–Kier alpha value is -0.690. The summed E-state index contributed by atoms with van der Waals surface area (Å²) in [6, 6.07) is 0. The van der Waals surface area contributed by atoms with Crippen molar-refractivity contribution in [2.24, 2.45) is 0 Å². The summed E-state index contributed by atoms with van der Waals surface area (Å²) in [6.45, 7) is 0.376. The number of likely N-dealkylation sites (tertiary alicyclic amines) is 1. The van der Waals surface area contributed by atoms with Gasteiger partial charge in [0, 0.05) is 18.5 Å². The summed E-state index contributed by atoms with van der Waals surface area (Å²) in [5.41, 5.74) is 0.765. The monoisotopic (exact) mass is 276 g/mol. The maximum absolute atomic E-state index is 11.8. The minimum atomic E-state index is -0.839. The summed E-state index contributed by atoms with van der Waals surface area (Å²) < 4.78 is 0. The van der Waals surface area contributed by atoms with Crippen LogP contribution in [0.25, 0.3) is 0 Å². The lowest BCUT2D eigenvalue weighted by atomic mass is 10.3. The largest absolute Gasteiger partial charge is 0.388 e. The molecule has 1 aromatic heterocycles.